The average Bonchev–Trinajstić information content (AvgIpc) is 3.05. The topological polar surface area (TPSA) is 71.5 Å². The molecule has 0 amide bonds. The first-order chi connectivity index (χ1) is 14.0. The molecule has 0 bridgehead atoms. The molecule has 1 saturated heterocycles. The molecule has 1 fully saturated rings. The quantitative estimate of drug-likeness (QED) is 0.581. The molecule has 3 aromatic heterocycles. The van der Waals surface area contributed by atoms with Crippen LogP contribution in [0.1, 0.15) is 28.0 Å². The van der Waals surface area contributed by atoms with Crippen molar-refractivity contribution in [3.8, 4) is 0 Å². The van der Waals surface area contributed by atoms with Gasteiger partial charge in [0.15, 0.2) is 0 Å². The number of aromatic nitrogens is 3. The second-order valence-corrected chi connectivity index (χ2v) is 8.30. The molecule has 1 aliphatic heterocycles. The molecule has 1 aliphatic rings. The monoisotopic (exact) mass is 431 g/mol. The van der Waals surface area contributed by atoms with E-state index in [1.165, 1.54) is 11.3 Å². The summed E-state index contributed by atoms with van der Waals surface area (Å²) in [4.78, 5) is 32.0. The van der Waals surface area contributed by atoms with Crippen molar-refractivity contribution < 1.29 is 9.53 Å². The Labute approximate surface area is 178 Å². The van der Waals surface area contributed by atoms with Crippen molar-refractivity contribution in [2.75, 3.05) is 42.6 Å². The number of hydrogen-bond donors (Lipinski definition) is 0. The highest BCUT2D eigenvalue weighted by Gasteiger charge is 2.26. The van der Waals surface area contributed by atoms with Crippen LogP contribution in [0, 0.1) is 13.8 Å². The fourth-order valence-electron chi connectivity index (χ4n) is 3.54. The van der Waals surface area contributed by atoms with Gasteiger partial charge in [-0.3, -0.25) is 0 Å². The van der Waals surface area contributed by atoms with Gasteiger partial charge in [0.05, 0.1) is 17.0 Å². The van der Waals surface area contributed by atoms with E-state index in [1.54, 1.807) is 6.20 Å². The lowest BCUT2D eigenvalue weighted by molar-refractivity contribution is 0.0531. The van der Waals surface area contributed by atoms with Crippen molar-refractivity contribution in [3.05, 3.63) is 39.6 Å². The third kappa shape index (κ3) is 3.86. The molecule has 7 nitrogen and oxygen atoms in total. The number of anilines is 2. The normalized spacial score (nSPS) is 14.5. The van der Waals surface area contributed by atoms with Crippen LogP contribution in [0.15, 0.2) is 18.3 Å². The molecule has 0 aliphatic carbocycles. The third-order valence-electron chi connectivity index (χ3n) is 4.96. The maximum Gasteiger partial charge on any atom is 0.348 e. The minimum atomic E-state index is -0.296. The van der Waals surface area contributed by atoms with Gasteiger partial charge in [-0.15, -0.1) is 11.3 Å². The van der Waals surface area contributed by atoms with Gasteiger partial charge in [0.2, 0.25) is 0 Å². The van der Waals surface area contributed by atoms with E-state index < -0.39 is 0 Å². The van der Waals surface area contributed by atoms with Crippen LogP contribution >= 0.6 is 22.9 Å². The van der Waals surface area contributed by atoms with Gasteiger partial charge in [-0.2, -0.15) is 0 Å². The van der Waals surface area contributed by atoms with Crippen molar-refractivity contribution >= 4 is 50.8 Å². The van der Waals surface area contributed by atoms with Crippen LogP contribution in [-0.4, -0.2) is 53.7 Å². The second kappa shape index (κ2) is 8.12. The number of rotatable bonds is 4. The Morgan fingerprint density at radius 3 is 2.55 bits per heavy atom. The lowest BCUT2D eigenvalue weighted by atomic mass is 10.1. The van der Waals surface area contributed by atoms with Crippen LogP contribution in [0.4, 0.5) is 11.6 Å². The highest BCUT2D eigenvalue weighted by Crippen LogP contribution is 2.36. The molecule has 29 heavy (non-hydrogen) atoms. The minimum Gasteiger partial charge on any atom is -0.462 e. The first-order valence-electron chi connectivity index (χ1n) is 9.54. The number of thiophene rings is 1. The first kappa shape index (κ1) is 19.8. The fourth-order valence-corrected chi connectivity index (χ4v) is 4.77. The molecule has 9 heteroatoms. The predicted molar refractivity (Wildman–Crippen MR) is 117 cm³/mol. The fraction of sp³-hybridized carbons (Fsp3) is 0.400. The number of esters is 1. The lowest BCUT2D eigenvalue weighted by Gasteiger charge is -2.36. The summed E-state index contributed by atoms with van der Waals surface area (Å²) < 4.78 is 5.21. The molecule has 0 radical (unpaired) electrons. The smallest absolute Gasteiger partial charge is 0.348 e. The molecule has 0 spiro atoms. The summed E-state index contributed by atoms with van der Waals surface area (Å²) >= 11 is 7.33. The van der Waals surface area contributed by atoms with Crippen molar-refractivity contribution in [2.24, 2.45) is 0 Å². The van der Waals surface area contributed by atoms with Gasteiger partial charge in [0.25, 0.3) is 0 Å². The maximum absolute atomic E-state index is 12.3. The number of aryl methyl sites for hydroxylation is 2. The van der Waals surface area contributed by atoms with Gasteiger partial charge in [-0.25, -0.2) is 19.7 Å². The first-order valence-corrected chi connectivity index (χ1v) is 10.7. The van der Waals surface area contributed by atoms with E-state index in [1.807, 2.05) is 32.9 Å². The Hall–Kier alpha value is -2.45. The Morgan fingerprint density at radius 2 is 1.90 bits per heavy atom. The Bertz CT molecular complexity index is 1050. The average molecular weight is 432 g/mol. The van der Waals surface area contributed by atoms with Crippen molar-refractivity contribution in [1.82, 2.24) is 15.0 Å². The molecule has 0 atom stereocenters. The highest BCUT2D eigenvalue weighted by atomic mass is 35.5. The number of pyridine rings is 1. The van der Waals surface area contributed by atoms with E-state index >= 15 is 0 Å². The van der Waals surface area contributed by atoms with E-state index in [0.29, 0.717) is 22.3 Å². The van der Waals surface area contributed by atoms with Crippen LogP contribution in [0.3, 0.4) is 0 Å². The van der Waals surface area contributed by atoms with Gasteiger partial charge in [-0.1, -0.05) is 11.6 Å². The number of hydrogen-bond acceptors (Lipinski definition) is 8. The van der Waals surface area contributed by atoms with Crippen molar-refractivity contribution in [2.45, 2.75) is 20.8 Å². The van der Waals surface area contributed by atoms with Gasteiger partial charge < -0.3 is 14.5 Å². The van der Waals surface area contributed by atoms with E-state index in [2.05, 4.69) is 19.8 Å². The van der Waals surface area contributed by atoms with Crippen molar-refractivity contribution in [1.29, 1.82) is 0 Å². The molecular weight excluding hydrogens is 410 g/mol. The standard InChI is InChI=1S/C20H22ClN5O2S/c1-4-28-20(27)17-12(2)16-18(23-13(3)24-19(16)29-17)26-9-7-25(8-10-26)15-6-5-14(21)11-22-15/h5-6,11H,4,7-10H2,1-3H3. The maximum atomic E-state index is 12.3. The Morgan fingerprint density at radius 1 is 1.17 bits per heavy atom. The summed E-state index contributed by atoms with van der Waals surface area (Å²) in [6, 6.07) is 3.80. The molecule has 3 aromatic rings. The van der Waals surface area contributed by atoms with Crippen molar-refractivity contribution in [3.63, 3.8) is 0 Å². The molecule has 4 heterocycles. The largest absolute Gasteiger partial charge is 0.462 e. The van der Waals surface area contributed by atoms with Crippen LogP contribution in [0.5, 0.6) is 0 Å². The number of carbonyl (C=O) groups excluding carboxylic acids is 1. The van der Waals surface area contributed by atoms with Crippen LogP contribution in [0.2, 0.25) is 5.02 Å². The van der Waals surface area contributed by atoms with Crippen LogP contribution in [0.25, 0.3) is 10.2 Å². The lowest BCUT2D eigenvalue weighted by Crippen LogP contribution is -2.47. The summed E-state index contributed by atoms with van der Waals surface area (Å²) in [5, 5.41) is 1.58. The van der Waals surface area contributed by atoms with E-state index in [9.17, 15) is 4.79 Å². The zero-order valence-electron chi connectivity index (χ0n) is 16.6. The highest BCUT2D eigenvalue weighted by molar-refractivity contribution is 7.20. The van der Waals surface area contributed by atoms with Gasteiger partial charge in [0, 0.05) is 32.4 Å². The number of carbonyl (C=O) groups is 1. The molecule has 0 N–H and O–H groups in total. The van der Waals surface area contributed by atoms with E-state index in [4.69, 9.17) is 21.3 Å². The van der Waals surface area contributed by atoms with Crippen LogP contribution < -0.4 is 9.80 Å². The molecule has 0 saturated carbocycles. The summed E-state index contributed by atoms with van der Waals surface area (Å²) in [7, 11) is 0. The molecule has 4 rings (SSSR count). The number of ether oxygens (including phenoxy) is 1. The summed E-state index contributed by atoms with van der Waals surface area (Å²) in [5.74, 6) is 2.22. The summed E-state index contributed by atoms with van der Waals surface area (Å²) in [6.45, 7) is 9.26. The van der Waals surface area contributed by atoms with Gasteiger partial charge >= 0.3 is 5.97 Å². The second-order valence-electron chi connectivity index (χ2n) is 6.86. The molecule has 0 unspecified atom stereocenters. The van der Waals surface area contributed by atoms with Gasteiger partial charge in [0.1, 0.15) is 27.2 Å². The Balaban J connectivity index is 1.62. The number of piperazine rings is 1. The van der Waals surface area contributed by atoms with Crippen LogP contribution in [-0.2, 0) is 4.74 Å². The number of nitrogens with zero attached hydrogens (tertiary/aromatic N) is 5. The number of halogens is 1. The Kier molecular flexibility index (Phi) is 5.56. The number of fused-ring (bicyclic) bond motifs is 1. The molecule has 152 valence electrons. The summed E-state index contributed by atoms with van der Waals surface area (Å²) in [6.07, 6.45) is 1.67. The third-order valence-corrected chi connectivity index (χ3v) is 6.35. The van der Waals surface area contributed by atoms with E-state index in [-0.39, 0.29) is 5.97 Å². The molecule has 0 aromatic carbocycles. The molecular formula is C20H22ClN5O2S. The van der Waals surface area contributed by atoms with Gasteiger partial charge in [-0.05, 0) is 38.5 Å². The predicted octanol–water partition coefficient (Wildman–Crippen LogP) is 3.86. The van der Waals surface area contributed by atoms with E-state index in [0.717, 1.165) is 53.6 Å². The minimum absolute atomic E-state index is 0.296. The summed E-state index contributed by atoms with van der Waals surface area (Å²) in [5.41, 5.74) is 0.889. The SMILES string of the molecule is CCOC(=O)c1sc2nc(C)nc(N3CCN(c4ccc(Cl)cn4)CC3)c2c1C. The zero-order chi connectivity index (χ0) is 20.5. The zero-order valence-corrected chi connectivity index (χ0v) is 18.2.